The van der Waals surface area contributed by atoms with E-state index in [0.29, 0.717) is 24.4 Å². The highest BCUT2D eigenvalue weighted by Crippen LogP contribution is 2.22. The van der Waals surface area contributed by atoms with E-state index in [1.54, 1.807) is 18.5 Å². The summed E-state index contributed by atoms with van der Waals surface area (Å²) in [6.45, 7) is 8.28. The topological polar surface area (TPSA) is 93.3 Å². The van der Waals surface area contributed by atoms with Gasteiger partial charge in [-0.1, -0.05) is 6.92 Å². The van der Waals surface area contributed by atoms with Crippen LogP contribution in [-0.4, -0.2) is 51.2 Å². The van der Waals surface area contributed by atoms with Crippen molar-refractivity contribution in [3.63, 3.8) is 0 Å². The summed E-state index contributed by atoms with van der Waals surface area (Å²) >= 11 is 0. The summed E-state index contributed by atoms with van der Waals surface area (Å²) in [4.78, 5) is 25.1. The second-order valence-electron chi connectivity index (χ2n) is 5.98. The van der Waals surface area contributed by atoms with Crippen molar-refractivity contribution in [2.45, 2.75) is 52.6 Å². The van der Waals surface area contributed by atoms with Gasteiger partial charge in [-0.2, -0.15) is 5.10 Å². The summed E-state index contributed by atoms with van der Waals surface area (Å²) in [5, 5.41) is 18.5. The summed E-state index contributed by atoms with van der Waals surface area (Å²) in [7, 11) is 0. The molecule has 1 atom stereocenters. The molecule has 9 heteroatoms. The smallest absolute Gasteiger partial charge is 0.312 e. The predicted octanol–water partition coefficient (Wildman–Crippen LogP) is 1.82. The summed E-state index contributed by atoms with van der Waals surface area (Å²) < 4.78 is 1.57. The van der Waals surface area contributed by atoms with Crippen LogP contribution in [0, 0.1) is 24.0 Å². The van der Waals surface area contributed by atoms with E-state index in [9.17, 15) is 14.9 Å². The second-order valence-corrected chi connectivity index (χ2v) is 5.98. The van der Waals surface area contributed by atoms with Gasteiger partial charge >= 0.3 is 5.69 Å². The first-order valence-corrected chi connectivity index (χ1v) is 8.14. The van der Waals surface area contributed by atoms with Gasteiger partial charge in [-0.05, 0) is 33.2 Å². The van der Waals surface area contributed by atoms with Gasteiger partial charge in [-0.3, -0.25) is 19.6 Å². The van der Waals surface area contributed by atoms with Crippen molar-refractivity contribution < 1.29 is 9.72 Å². The zero-order valence-electron chi connectivity index (χ0n) is 14.4. The van der Waals surface area contributed by atoms with E-state index in [-0.39, 0.29) is 30.0 Å². The minimum atomic E-state index is -0.413. The maximum Gasteiger partial charge on any atom is 0.312 e. The molecule has 0 radical (unpaired) electrons. The van der Waals surface area contributed by atoms with E-state index < -0.39 is 4.92 Å². The fraction of sp³-hybridized carbons (Fsp3) is 0.733. The van der Waals surface area contributed by atoms with Crippen LogP contribution in [0.25, 0.3) is 0 Å². The number of aromatic nitrogens is 2. The Morgan fingerprint density at radius 3 is 2.71 bits per heavy atom. The standard InChI is InChI=1S/C15H25N5O3.ClH/c1-4-8-18(13-5-7-16-10-13)14(21)6-9-19-12(3)15(20(22)23)11(2)17-19;/h13,16H,4-10H2,1-3H3;1H. The molecule has 2 rings (SSSR count). The molecule has 0 aromatic carbocycles. The molecule has 24 heavy (non-hydrogen) atoms. The second kappa shape index (κ2) is 8.98. The normalized spacial score (nSPS) is 16.7. The van der Waals surface area contributed by atoms with Crippen molar-refractivity contribution in [2.75, 3.05) is 19.6 Å². The highest BCUT2D eigenvalue weighted by molar-refractivity contribution is 5.85. The van der Waals surface area contributed by atoms with E-state index in [4.69, 9.17) is 0 Å². The van der Waals surface area contributed by atoms with Gasteiger partial charge in [-0.15, -0.1) is 12.4 Å². The van der Waals surface area contributed by atoms with Gasteiger partial charge in [0.1, 0.15) is 11.4 Å². The van der Waals surface area contributed by atoms with Crippen LogP contribution in [0.4, 0.5) is 5.69 Å². The summed E-state index contributed by atoms with van der Waals surface area (Å²) in [5.74, 6) is 0.0933. The molecule has 136 valence electrons. The number of hydrogen-bond donors (Lipinski definition) is 1. The van der Waals surface area contributed by atoms with Crippen molar-refractivity contribution >= 4 is 24.0 Å². The average molecular weight is 360 g/mol. The van der Waals surface area contributed by atoms with Gasteiger partial charge < -0.3 is 10.2 Å². The number of amides is 1. The molecule has 0 saturated carbocycles. The monoisotopic (exact) mass is 359 g/mol. The summed E-state index contributed by atoms with van der Waals surface area (Å²) in [6, 6.07) is 0.261. The summed E-state index contributed by atoms with van der Waals surface area (Å²) in [6.07, 6.45) is 2.22. The number of rotatable bonds is 7. The fourth-order valence-corrected chi connectivity index (χ4v) is 3.17. The first kappa shape index (κ1) is 20.4. The van der Waals surface area contributed by atoms with Crippen molar-refractivity contribution in [3.05, 3.63) is 21.5 Å². The predicted molar refractivity (Wildman–Crippen MR) is 93.5 cm³/mol. The Morgan fingerprint density at radius 1 is 1.50 bits per heavy atom. The number of nitrogens with one attached hydrogen (secondary N) is 1. The Labute approximate surface area is 148 Å². The van der Waals surface area contributed by atoms with Crippen LogP contribution >= 0.6 is 12.4 Å². The van der Waals surface area contributed by atoms with E-state index in [0.717, 1.165) is 32.5 Å². The van der Waals surface area contributed by atoms with E-state index in [1.807, 2.05) is 4.90 Å². The zero-order chi connectivity index (χ0) is 17.0. The first-order chi connectivity index (χ1) is 11.0. The Morgan fingerprint density at radius 2 is 2.21 bits per heavy atom. The lowest BCUT2D eigenvalue weighted by Crippen LogP contribution is -2.42. The van der Waals surface area contributed by atoms with E-state index in [2.05, 4.69) is 17.3 Å². The molecular formula is C15H26ClN5O3. The quantitative estimate of drug-likeness (QED) is 0.592. The SMILES string of the molecule is CCCN(C(=O)CCn1nc(C)c([N+](=O)[O-])c1C)C1CCNC1.Cl. The molecule has 0 spiro atoms. The van der Waals surface area contributed by atoms with E-state index >= 15 is 0 Å². The average Bonchev–Trinajstić information content (AvgIpc) is 3.10. The van der Waals surface area contributed by atoms with Crippen LogP contribution in [0.1, 0.15) is 37.6 Å². The lowest BCUT2D eigenvalue weighted by atomic mass is 10.2. The van der Waals surface area contributed by atoms with Crippen molar-refractivity contribution in [1.82, 2.24) is 20.0 Å². The van der Waals surface area contributed by atoms with Crippen molar-refractivity contribution in [2.24, 2.45) is 0 Å². The number of hydrogen-bond acceptors (Lipinski definition) is 5. The minimum absolute atomic E-state index is 0. The number of nitro groups is 1. The molecule has 1 N–H and O–H groups in total. The minimum Gasteiger partial charge on any atom is -0.338 e. The van der Waals surface area contributed by atoms with Gasteiger partial charge in [0, 0.05) is 25.6 Å². The van der Waals surface area contributed by atoms with Crippen LogP contribution in [-0.2, 0) is 11.3 Å². The maximum atomic E-state index is 12.6. The third-order valence-electron chi connectivity index (χ3n) is 4.32. The molecule has 1 amide bonds. The number of carbonyl (C=O) groups excluding carboxylic acids is 1. The fourth-order valence-electron chi connectivity index (χ4n) is 3.17. The molecule has 1 aromatic rings. The number of halogens is 1. The Balaban J connectivity index is 0.00000288. The van der Waals surface area contributed by atoms with Gasteiger partial charge in [0.2, 0.25) is 5.91 Å². The van der Waals surface area contributed by atoms with Crippen LogP contribution in [0.3, 0.4) is 0 Å². The lowest BCUT2D eigenvalue weighted by molar-refractivity contribution is -0.386. The van der Waals surface area contributed by atoms with Gasteiger partial charge in [-0.25, -0.2) is 0 Å². The molecule has 1 aliphatic heterocycles. The molecule has 1 unspecified atom stereocenters. The Hall–Kier alpha value is -1.67. The Bertz CT molecular complexity index is 584. The summed E-state index contributed by atoms with van der Waals surface area (Å²) in [5.41, 5.74) is 0.943. The maximum absolute atomic E-state index is 12.6. The largest absolute Gasteiger partial charge is 0.338 e. The zero-order valence-corrected chi connectivity index (χ0v) is 15.3. The molecule has 1 fully saturated rings. The molecule has 1 saturated heterocycles. The van der Waals surface area contributed by atoms with Gasteiger partial charge in [0.15, 0.2) is 0 Å². The molecular weight excluding hydrogens is 334 g/mol. The molecule has 1 aliphatic rings. The van der Waals surface area contributed by atoms with Crippen molar-refractivity contribution in [3.8, 4) is 0 Å². The highest BCUT2D eigenvalue weighted by Gasteiger charge is 2.26. The lowest BCUT2D eigenvalue weighted by Gasteiger charge is -2.28. The van der Waals surface area contributed by atoms with Crippen LogP contribution in [0.5, 0.6) is 0 Å². The molecule has 1 aromatic heterocycles. The Kier molecular flexibility index (Phi) is 7.62. The van der Waals surface area contributed by atoms with Gasteiger partial charge in [0.25, 0.3) is 0 Å². The van der Waals surface area contributed by atoms with Crippen LogP contribution in [0.15, 0.2) is 0 Å². The molecule has 2 heterocycles. The third-order valence-corrected chi connectivity index (χ3v) is 4.32. The van der Waals surface area contributed by atoms with Crippen molar-refractivity contribution in [1.29, 1.82) is 0 Å². The van der Waals surface area contributed by atoms with Gasteiger partial charge in [0.05, 0.1) is 11.5 Å². The third kappa shape index (κ3) is 4.45. The number of nitrogens with zero attached hydrogens (tertiary/aromatic N) is 4. The van der Waals surface area contributed by atoms with E-state index in [1.165, 1.54) is 0 Å². The highest BCUT2D eigenvalue weighted by atomic mass is 35.5. The number of carbonyl (C=O) groups is 1. The number of aryl methyl sites for hydroxylation is 2. The molecule has 8 nitrogen and oxygen atoms in total. The van der Waals surface area contributed by atoms with Crippen LogP contribution < -0.4 is 5.32 Å². The van der Waals surface area contributed by atoms with Crippen LogP contribution in [0.2, 0.25) is 0 Å². The molecule has 0 bridgehead atoms. The first-order valence-electron chi connectivity index (χ1n) is 8.14. The molecule has 0 aliphatic carbocycles.